The molecule has 0 aromatic carbocycles. The highest BCUT2D eigenvalue weighted by molar-refractivity contribution is 6.84. The Morgan fingerprint density at radius 1 is 1.00 bits per heavy atom. The molecule has 0 unspecified atom stereocenters. The van der Waals surface area contributed by atoms with E-state index in [2.05, 4.69) is 47.5 Å². The summed E-state index contributed by atoms with van der Waals surface area (Å²) in [6.07, 6.45) is 0. The first-order valence-corrected chi connectivity index (χ1v) is 8.43. The molecule has 15 heavy (non-hydrogen) atoms. The van der Waals surface area contributed by atoms with Crippen LogP contribution in [-0.2, 0) is 4.79 Å². The van der Waals surface area contributed by atoms with Crippen LogP contribution in [0.5, 0.6) is 0 Å². The van der Waals surface area contributed by atoms with E-state index in [1.807, 2.05) is 6.92 Å². The van der Waals surface area contributed by atoms with Gasteiger partial charge in [0.05, 0.1) is 8.07 Å². The van der Waals surface area contributed by atoms with Crippen molar-refractivity contribution in [2.75, 3.05) is 0 Å². The van der Waals surface area contributed by atoms with E-state index in [1.165, 1.54) is 0 Å². The second-order valence-electron chi connectivity index (χ2n) is 5.64. The van der Waals surface area contributed by atoms with Crippen LogP contribution in [0.1, 0.15) is 48.5 Å². The molecule has 0 saturated heterocycles. The Bertz CT molecular complexity index is 225. The summed E-state index contributed by atoms with van der Waals surface area (Å²) in [4.78, 5) is 10.7. The summed E-state index contributed by atoms with van der Waals surface area (Å²) in [6, 6.07) is 1.02. The summed E-state index contributed by atoms with van der Waals surface area (Å²) in [5, 5.41) is 0. The predicted octanol–water partition coefficient (Wildman–Crippen LogP) is 4.44. The molecule has 0 aromatic heterocycles. The highest BCUT2D eigenvalue weighted by Crippen LogP contribution is 2.45. The number of hydrogen-bond donors (Lipinski definition) is 0. The zero-order chi connectivity index (χ0) is 12.2. The Labute approximate surface area is 96.0 Å². The maximum Gasteiger partial charge on any atom is 0.122 e. The van der Waals surface area contributed by atoms with Gasteiger partial charge in [0.15, 0.2) is 0 Å². The molecule has 0 atom stereocenters. The quantitative estimate of drug-likeness (QED) is 0.500. The largest absolute Gasteiger partial charge is 0.234 e. The Kier molecular flexibility index (Phi) is 5.54. The van der Waals surface area contributed by atoms with Gasteiger partial charge in [0, 0.05) is 5.57 Å². The van der Waals surface area contributed by atoms with Crippen molar-refractivity contribution in [2.45, 2.75) is 71.1 Å². The first-order chi connectivity index (χ1) is 6.78. The summed E-state index contributed by atoms with van der Waals surface area (Å²) in [7, 11) is -1.41. The van der Waals surface area contributed by atoms with Crippen LogP contribution in [0.15, 0.2) is 5.57 Å². The fraction of sp³-hybridized carbons (Fsp3) is 0.846. The smallest absolute Gasteiger partial charge is 0.122 e. The third-order valence-electron chi connectivity index (χ3n) is 3.97. The summed E-state index contributed by atoms with van der Waals surface area (Å²) in [5.41, 5.74) is 3.08. The van der Waals surface area contributed by atoms with E-state index in [0.29, 0.717) is 0 Å². The first-order valence-electron chi connectivity index (χ1n) is 5.99. The van der Waals surface area contributed by atoms with E-state index in [-0.39, 0.29) is 0 Å². The molecule has 0 spiro atoms. The van der Waals surface area contributed by atoms with Crippen LogP contribution in [0, 0.1) is 0 Å². The van der Waals surface area contributed by atoms with Crippen LogP contribution in [0.4, 0.5) is 0 Å². The number of allylic oxidation sites excluding steroid dienone is 1. The van der Waals surface area contributed by atoms with E-state index < -0.39 is 8.07 Å². The van der Waals surface area contributed by atoms with Crippen molar-refractivity contribution in [1.29, 1.82) is 0 Å². The molecule has 0 bridgehead atoms. The van der Waals surface area contributed by atoms with Gasteiger partial charge in [-0.1, -0.05) is 58.2 Å². The molecule has 0 amide bonds. The van der Waals surface area contributed by atoms with E-state index in [0.717, 1.165) is 28.2 Å². The zero-order valence-corrected chi connectivity index (χ0v) is 12.3. The van der Waals surface area contributed by atoms with Crippen LogP contribution >= 0.6 is 0 Å². The Balaban J connectivity index is 5.23. The van der Waals surface area contributed by atoms with Gasteiger partial charge in [-0.15, -0.1) is 0 Å². The van der Waals surface area contributed by atoms with Crippen LogP contribution in [-0.4, -0.2) is 14.0 Å². The fourth-order valence-electron chi connectivity index (χ4n) is 3.11. The number of carbonyl (C=O) groups excluding carboxylic acids is 1. The summed E-state index contributed by atoms with van der Waals surface area (Å²) < 4.78 is 0. The number of hydrogen-bond acceptors (Lipinski definition) is 1. The van der Waals surface area contributed by atoms with Crippen LogP contribution in [0.3, 0.4) is 0 Å². The lowest BCUT2D eigenvalue weighted by atomic mass is 10.4. The molecule has 0 N–H and O–H groups in total. The zero-order valence-electron chi connectivity index (χ0n) is 11.3. The lowest BCUT2D eigenvalue weighted by Crippen LogP contribution is -2.44. The van der Waals surface area contributed by atoms with E-state index in [9.17, 15) is 4.79 Å². The minimum Gasteiger partial charge on any atom is -0.234 e. The molecule has 0 aliphatic heterocycles. The van der Waals surface area contributed by atoms with Crippen molar-refractivity contribution >= 4 is 14.0 Å². The molecule has 0 aliphatic carbocycles. The van der Waals surface area contributed by atoms with Gasteiger partial charge in [-0.05, 0) is 13.0 Å². The minimum atomic E-state index is -1.41. The molecule has 0 fully saturated rings. The topological polar surface area (TPSA) is 17.1 Å². The second kappa shape index (κ2) is 5.67. The van der Waals surface area contributed by atoms with E-state index >= 15 is 0 Å². The Hall–Kier alpha value is -0.333. The van der Waals surface area contributed by atoms with Crippen LogP contribution in [0.2, 0.25) is 22.7 Å². The van der Waals surface area contributed by atoms with Crippen LogP contribution in [0.25, 0.3) is 0 Å². The lowest BCUT2D eigenvalue weighted by molar-refractivity contribution is 0.567. The van der Waals surface area contributed by atoms with Crippen molar-refractivity contribution in [1.82, 2.24) is 0 Å². The maximum absolute atomic E-state index is 10.7. The van der Waals surface area contributed by atoms with Gasteiger partial charge >= 0.3 is 0 Å². The van der Waals surface area contributed by atoms with Crippen molar-refractivity contribution in [3.05, 3.63) is 5.57 Å². The Morgan fingerprint density at radius 2 is 1.33 bits per heavy atom. The van der Waals surface area contributed by atoms with Crippen molar-refractivity contribution < 1.29 is 4.79 Å². The van der Waals surface area contributed by atoms with E-state index in [1.54, 1.807) is 0 Å². The third kappa shape index (κ3) is 3.06. The average molecular weight is 226 g/mol. The molecule has 0 saturated carbocycles. The highest BCUT2D eigenvalue weighted by atomic mass is 28.3. The molecular formula is C13H26OSi. The van der Waals surface area contributed by atoms with Crippen molar-refractivity contribution in [2.24, 2.45) is 0 Å². The molecule has 0 rings (SSSR count). The molecular weight excluding hydrogens is 200 g/mol. The van der Waals surface area contributed by atoms with Crippen molar-refractivity contribution in [3.8, 4) is 0 Å². The van der Waals surface area contributed by atoms with Gasteiger partial charge in [-0.25, -0.2) is 4.79 Å². The molecule has 0 heterocycles. The van der Waals surface area contributed by atoms with Gasteiger partial charge in [0.25, 0.3) is 0 Å². The lowest BCUT2D eigenvalue weighted by Gasteiger charge is -2.43. The monoisotopic (exact) mass is 226 g/mol. The van der Waals surface area contributed by atoms with Gasteiger partial charge in [0.2, 0.25) is 0 Å². The van der Waals surface area contributed by atoms with Gasteiger partial charge in [-0.3, -0.25) is 0 Å². The summed E-state index contributed by atoms with van der Waals surface area (Å²) in [6.45, 7) is 15.9. The Morgan fingerprint density at radius 3 is 1.53 bits per heavy atom. The van der Waals surface area contributed by atoms with Gasteiger partial charge < -0.3 is 0 Å². The van der Waals surface area contributed by atoms with E-state index in [4.69, 9.17) is 0 Å². The second-order valence-corrected chi connectivity index (χ2v) is 11.7. The predicted molar refractivity (Wildman–Crippen MR) is 70.7 cm³/mol. The fourth-order valence-corrected chi connectivity index (χ4v) is 9.32. The standard InChI is InChI=1S/C13H26OSi/c1-10(2)15(11(3)4,12(5)6)9-13(7)8-14/h10-12H,9H2,1-7H3. The highest BCUT2D eigenvalue weighted by Gasteiger charge is 2.42. The normalized spacial score (nSPS) is 12.4. The summed E-state index contributed by atoms with van der Waals surface area (Å²) in [5.74, 6) is 2.09. The van der Waals surface area contributed by atoms with Gasteiger partial charge in [-0.2, -0.15) is 0 Å². The molecule has 1 nitrogen and oxygen atoms in total. The molecule has 0 aliphatic rings. The van der Waals surface area contributed by atoms with Crippen LogP contribution < -0.4 is 0 Å². The maximum atomic E-state index is 10.7. The van der Waals surface area contributed by atoms with Gasteiger partial charge in [0.1, 0.15) is 5.94 Å². The molecule has 88 valence electrons. The SMILES string of the molecule is CC(=C=O)C[Si](C(C)C)(C(C)C)C(C)C. The number of rotatable bonds is 5. The molecule has 0 radical (unpaired) electrons. The minimum absolute atomic E-state index is 0.723. The summed E-state index contributed by atoms with van der Waals surface area (Å²) >= 11 is 0. The molecule has 0 aromatic rings. The first kappa shape index (κ1) is 14.7. The average Bonchev–Trinajstić information content (AvgIpc) is 2.11. The van der Waals surface area contributed by atoms with Crippen molar-refractivity contribution in [3.63, 3.8) is 0 Å². The third-order valence-corrected chi connectivity index (χ3v) is 11.6. The molecule has 2 heteroatoms.